The maximum absolute atomic E-state index is 13.6. The van der Waals surface area contributed by atoms with Gasteiger partial charge in [0.1, 0.15) is 23.7 Å². The SMILES string of the molecule is Cc1cc(Oc2cc(NC(=O)C3CC3)ncn2)ccc1CC(=O)Cc1cccc(C(C)(F)F)c1. The van der Waals surface area contributed by atoms with Crippen molar-refractivity contribution >= 4 is 17.5 Å². The van der Waals surface area contributed by atoms with Crippen LogP contribution in [0.4, 0.5) is 14.6 Å². The number of halogens is 2. The van der Waals surface area contributed by atoms with Gasteiger partial charge in [0.05, 0.1) is 0 Å². The number of nitrogens with one attached hydrogen (secondary N) is 1. The van der Waals surface area contributed by atoms with E-state index in [-0.39, 0.29) is 41.9 Å². The number of amides is 1. The molecule has 1 aliphatic carbocycles. The summed E-state index contributed by atoms with van der Waals surface area (Å²) < 4.78 is 32.9. The Labute approximate surface area is 196 Å². The summed E-state index contributed by atoms with van der Waals surface area (Å²) >= 11 is 0. The first-order valence-electron chi connectivity index (χ1n) is 11.1. The second kappa shape index (κ2) is 9.67. The first kappa shape index (κ1) is 23.5. The molecule has 0 aliphatic heterocycles. The topological polar surface area (TPSA) is 81.2 Å². The van der Waals surface area contributed by atoms with E-state index in [2.05, 4.69) is 15.3 Å². The number of carbonyl (C=O) groups is 2. The fourth-order valence-corrected chi connectivity index (χ4v) is 3.55. The van der Waals surface area contributed by atoms with E-state index in [0.29, 0.717) is 17.1 Å². The zero-order valence-electron chi connectivity index (χ0n) is 19.0. The summed E-state index contributed by atoms with van der Waals surface area (Å²) in [5.74, 6) is -1.80. The number of benzene rings is 2. The van der Waals surface area contributed by atoms with Crippen molar-refractivity contribution in [3.8, 4) is 11.6 Å². The average molecular weight is 466 g/mol. The van der Waals surface area contributed by atoms with Gasteiger partial charge in [-0.2, -0.15) is 0 Å². The highest BCUT2D eigenvalue weighted by molar-refractivity contribution is 5.93. The molecule has 0 spiro atoms. The Morgan fingerprint density at radius 3 is 2.59 bits per heavy atom. The number of ketones is 1. The lowest BCUT2D eigenvalue weighted by Gasteiger charge is -2.12. The molecule has 1 saturated carbocycles. The summed E-state index contributed by atoms with van der Waals surface area (Å²) in [6.07, 6.45) is 3.38. The molecule has 34 heavy (non-hydrogen) atoms. The van der Waals surface area contributed by atoms with E-state index in [9.17, 15) is 18.4 Å². The van der Waals surface area contributed by atoms with Gasteiger partial charge in [-0.1, -0.05) is 24.3 Å². The first-order chi connectivity index (χ1) is 16.2. The second-order valence-electron chi connectivity index (χ2n) is 8.68. The van der Waals surface area contributed by atoms with Crippen LogP contribution in [0.5, 0.6) is 11.6 Å². The van der Waals surface area contributed by atoms with E-state index >= 15 is 0 Å². The monoisotopic (exact) mass is 465 g/mol. The minimum absolute atomic E-state index is 0.0513. The number of aryl methyl sites for hydroxylation is 1. The van der Waals surface area contributed by atoms with Crippen molar-refractivity contribution in [3.05, 3.63) is 77.1 Å². The Hall–Kier alpha value is -3.68. The van der Waals surface area contributed by atoms with E-state index in [0.717, 1.165) is 30.9 Å². The lowest BCUT2D eigenvalue weighted by molar-refractivity contribution is -0.118. The number of carbonyl (C=O) groups excluding carboxylic acids is 2. The Kier molecular flexibility index (Phi) is 6.68. The fraction of sp³-hybridized carbons (Fsp3) is 0.308. The second-order valence-corrected chi connectivity index (χ2v) is 8.68. The van der Waals surface area contributed by atoms with Crippen LogP contribution in [0, 0.1) is 12.8 Å². The largest absolute Gasteiger partial charge is 0.439 e. The number of nitrogens with zero attached hydrogens (tertiary/aromatic N) is 2. The van der Waals surface area contributed by atoms with Gasteiger partial charge >= 0.3 is 0 Å². The molecular formula is C26H25F2N3O3. The minimum Gasteiger partial charge on any atom is -0.439 e. The van der Waals surface area contributed by atoms with E-state index in [4.69, 9.17) is 4.74 Å². The van der Waals surface area contributed by atoms with Gasteiger partial charge in [-0.05, 0) is 54.7 Å². The highest BCUT2D eigenvalue weighted by Gasteiger charge is 2.30. The van der Waals surface area contributed by atoms with Gasteiger partial charge < -0.3 is 10.1 Å². The predicted molar refractivity (Wildman–Crippen MR) is 123 cm³/mol. The molecule has 176 valence electrons. The van der Waals surface area contributed by atoms with Crippen molar-refractivity contribution in [1.29, 1.82) is 0 Å². The van der Waals surface area contributed by atoms with E-state index in [1.807, 2.05) is 6.92 Å². The number of rotatable bonds is 9. The maximum Gasteiger partial charge on any atom is 0.270 e. The van der Waals surface area contributed by atoms with Crippen molar-refractivity contribution in [2.75, 3.05) is 5.32 Å². The summed E-state index contributed by atoms with van der Waals surface area (Å²) in [5, 5.41) is 2.75. The van der Waals surface area contributed by atoms with E-state index < -0.39 is 5.92 Å². The summed E-state index contributed by atoms with van der Waals surface area (Å²) in [6, 6.07) is 12.9. The number of Topliss-reactive ketones (excluding diaryl/α,β-unsaturated/α-hetero) is 1. The van der Waals surface area contributed by atoms with E-state index in [1.165, 1.54) is 18.5 Å². The number of ether oxygens (including phenoxy) is 1. The van der Waals surface area contributed by atoms with Crippen molar-refractivity contribution in [1.82, 2.24) is 9.97 Å². The van der Waals surface area contributed by atoms with Crippen LogP contribution in [0.15, 0.2) is 54.9 Å². The third kappa shape index (κ3) is 6.21. The minimum atomic E-state index is -2.95. The smallest absolute Gasteiger partial charge is 0.270 e. The molecule has 0 atom stereocenters. The molecule has 0 unspecified atom stereocenters. The summed E-state index contributed by atoms with van der Waals surface area (Å²) in [7, 11) is 0. The number of aromatic nitrogens is 2. The number of alkyl halides is 2. The normalized spacial score (nSPS) is 13.4. The van der Waals surface area contributed by atoms with Crippen LogP contribution in [0.25, 0.3) is 0 Å². The molecule has 1 amide bonds. The Morgan fingerprint density at radius 1 is 1.09 bits per heavy atom. The molecule has 1 fully saturated rings. The lowest BCUT2D eigenvalue weighted by Crippen LogP contribution is -2.14. The van der Waals surface area contributed by atoms with Crippen LogP contribution < -0.4 is 10.1 Å². The number of hydrogen-bond acceptors (Lipinski definition) is 5. The summed E-state index contributed by atoms with van der Waals surface area (Å²) in [4.78, 5) is 32.6. The van der Waals surface area contributed by atoms with Gasteiger partial charge in [0, 0.05) is 37.3 Å². The standard InChI is InChI=1S/C26H25F2N3O3/c1-16-10-22(34-24-14-23(29-15-30-24)31-25(33)18-6-7-18)9-8-19(16)13-21(32)12-17-4-3-5-20(11-17)26(2,27)28/h3-5,8-11,14-15,18H,6-7,12-13H2,1-2H3,(H,29,30,31,33). The van der Waals surface area contributed by atoms with Gasteiger partial charge in [-0.15, -0.1) is 0 Å². The average Bonchev–Trinajstić information content (AvgIpc) is 3.61. The molecule has 1 aromatic heterocycles. The van der Waals surface area contributed by atoms with Gasteiger partial charge in [-0.25, -0.2) is 18.7 Å². The summed E-state index contributed by atoms with van der Waals surface area (Å²) in [5.41, 5.74) is 2.15. The lowest BCUT2D eigenvalue weighted by atomic mass is 9.97. The zero-order chi connectivity index (χ0) is 24.3. The van der Waals surface area contributed by atoms with Crippen LogP contribution >= 0.6 is 0 Å². The molecule has 1 heterocycles. The molecule has 0 bridgehead atoms. The van der Waals surface area contributed by atoms with Crippen LogP contribution in [-0.4, -0.2) is 21.7 Å². The molecular weight excluding hydrogens is 440 g/mol. The maximum atomic E-state index is 13.6. The van der Waals surface area contributed by atoms with Crippen molar-refractivity contribution in [2.45, 2.75) is 45.5 Å². The van der Waals surface area contributed by atoms with Crippen LogP contribution in [0.3, 0.4) is 0 Å². The van der Waals surface area contributed by atoms with Crippen LogP contribution in [0.1, 0.15) is 42.0 Å². The van der Waals surface area contributed by atoms with Crippen LogP contribution in [-0.2, 0) is 28.4 Å². The summed E-state index contributed by atoms with van der Waals surface area (Å²) in [6.45, 7) is 2.71. The fourth-order valence-electron chi connectivity index (χ4n) is 3.55. The van der Waals surface area contributed by atoms with E-state index in [1.54, 1.807) is 36.4 Å². The van der Waals surface area contributed by atoms with Gasteiger partial charge in [0.15, 0.2) is 0 Å². The zero-order valence-corrected chi connectivity index (χ0v) is 19.0. The molecule has 6 nitrogen and oxygen atoms in total. The van der Waals surface area contributed by atoms with Gasteiger partial charge in [0.2, 0.25) is 11.8 Å². The molecule has 4 rings (SSSR count). The molecule has 3 aromatic rings. The molecule has 2 aromatic carbocycles. The number of hydrogen-bond donors (Lipinski definition) is 1. The Balaban J connectivity index is 1.38. The Bertz CT molecular complexity index is 1220. The highest BCUT2D eigenvalue weighted by Crippen LogP contribution is 2.31. The number of anilines is 1. The van der Waals surface area contributed by atoms with Crippen molar-refractivity contribution < 1.29 is 23.1 Å². The van der Waals surface area contributed by atoms with Gasteiger partial charge in [-0.3, -0.25) is 9.59 Å². The molecule has 0 saturated heterocycles. The quantitative estimate of drug-likeness (QED) is 0.458. The molecule has 1 N–H and O–H groups in total. The van der Waals surface area contributed by atoms with Gasteiger partial charge in [0.25, 0.3) is 5.92 Å². The molecule has 0 radical (unpaired) electrons. The predicted octanol–water partition coefficient (Wildman–Crippen LogP) is 5.39. The van der Waals surface area contributed by atoms with Crippen molar-refractivity contribution in [2.24, 2.45) is 5.92 Å². The third-order valence-electron chi connectivity index (χ3n) is 5.60. The van der Waals surface area contributed by atoms with Crippen molar-refractivity contribution in [3.63, 3.8) is 0 Å². The Morgan fingerprint density at radius 2 is 1.88 bits per heavy atom. The highest BCUT2D eigenvalue weighted by atomic mass is 19.3. The van der Waals surface area contributed by atoms with Crippen LogP contribution in [0.2, 0.25) is 0 Å². The first-order valence-corrected chi connectivity index (χ1v) is 11.1. The third-order valence-corrected chi connectivity index (χ3v) is 5.60. The molecule has 8 heteroatoms. The molecule has 1 aliphatic rings.